The molecular formula is C15H12F3NO5S. The molecule has 0 aliphatic carbocycles. The van der Waals surface area contributed by atoms with E-state index in [0.29, 0.717) is 6.07 Å². The van der Waals surface area contributed by atoms with Crippen LogP contribution in [0.5, 0.6) is 5.75 Å². The number of benzene rings is 2. The van der Waals surface area contributed by atoms with Gasteiger partial charge >= 0.3 is 16.3 Å². The van der Waals surface area contributed by atoms with E-state index in [4.69, 9.17) is 0 Å². The number of nitro groups is 1. The molecule has 0 bridgehead atoms. The fraction of sp³-hybridized carbons (Fsp3) is 0.200. The molecule has 0 heterocycles. The SMILES string of the molecule is CCc1ccc([N+](=O)[O-])cc1S(=O)(=O)Oc1ccccc1C(F)(F)F. The van der Waals surface area contributed by atoms with Gasteiger partial charge < -0.3 is 4.18 Å². The first-order valence-corrected chi connectivity index (χ1v) is 8.35. The lowest BCUT2D eigenvalue weighted by molar-refractivity contribution is -0.385. The van der Waals surface area contributed by atoms with Crippen LogP contribution < -0.4 is 4.18 Å². The maximum atomic E-state index is 13.0. The van der Waals surface area contributed by atoms with E-state index >= 15 is 0 Å². The molecule has 2 aromatic carbocycles. The molecule has 6 nitrogen and oxygen atoms in total. The maximum absolute atomic E-state index is 13.0. The molecule has 25 heavy (non-hydrogen) atoms. The van der Waals surface area contributed by atoms with Crippen LogP contribution in [0.15, 0.2) is 47.4 Å². The van der Waals surface area contributed by atoms with E-state index in [-0.39, 0.29) is 12.0 Å². The van der Waals surface area contributed by atoms with Crippen molar-refractivity contribution in [2.24, 2.45) is 0 Å². The Balaban J connectivity index is 2.55. The molecule has 0 spiro atoms. The molecule has 0 amide bonds. The highest BCUT2D eigenvalue weighted by molar-refractivity contribution is 7.87. The number of hydrogen-bond donors (Lipinski definition) is 0. The average Bonchev–Trinajstić information content (AvgIpc) is 2.53. The first-order valence-electron chi connectivity index (χ1n) is 6.94. The second-order valence-corrected chi connectivity index (χ2v) is 6.45. The molecule has 0 saturated heterocycles. The third-order valence-electron chi connectivity index (χ3n) is 3.30. The second kappa shape index (κ2) is 6.71. The van der Waals surface area contributed by atoms with Crippen molar-refractivity contribution >= 4 is 15.8 Å². The molecular weight excluding hydrogens is 363 g/mol. The maximum Gasteiger partial charge on any atom is 0.420 e. The third-order valence-corrected chi connectivity index (χ3v) is 4.62. The highest BCUT2D eigenvalue weighted by Gasteiger charge is 2.36. The van der Waals surface area contributed by atoms with E-state index in [2.05, 4.69) is 4.18 Å². The van der Waals surface area contributed by atoms with Crippen molar-refractivity contribution in [3.8, 4) is 5.75 Å². The molecule has 0 atom stereocenters. The summed E-state index contributed by atoms with van der Waals surface area (Å²) in [6.07, 6.45) is -4.63. The predicted octanol–water partition coefficient (Wildman–Crippen LogP) is 3.94. The zero-order valence-corrected chi connectivity index (χ0v) is 13.6. The van der Waals surface area contributed by atoms with Crippen molar-refractivity contribution in [2.45, 2.75) is 24.4 Å². The Morgan fingerprint density at radius 2 is 1.80 bits per heavy atom. The smallest absolute Gasteiger partial charge is 0.378 e. The van der Waals surface area contributed by atoms with Gasteiger partial charge in [0.05, 0.1) is 10.5 Å². The Morgan fingerprint density at radius 3 is 2.36 bits per heavy atom. The summed E-state index contributed by atoms with van der Waals surface area (Å²) < 4.78 is 68.4. The van der Waals surface area contributed by atoms with Crippen LogP contribution in [0, 0.1) is 10.1 Å². The zero-order valence-electron chi connectivity index (χ0n) is 12.8. The quantitative estimate of drug-likeness (QED) is 0.449. The Hall–Kier alpha value is -2.62. The lowest BCUT2D eigenvalue weighted by Gasteiger charge is -2.14. The van der Waals surface area contributed by atoms with E-state index in [0.717, 1.165) is 24.3 Å². The minimum Gasteiger partial charge on any atom is -0.378 e. The number of nitrogens with zero attached hydrogens (tertiary/aromatic N) is 1. The molecule has 134 valence electrons. The number of halogens is 3. The van der Waals surface area contributed by atoms with E-state index in [1.807, 2.05) is 0 Å². The van der Waals surface area contributed by atoms with Gasteiger partial charge in [0.2, 0.25) is 0 Å². The summed E-state index contributed by atoms with van der Waals surface area (Å²) in [6, 6.07) is 6.93. The normalized spacial score (nSPS) is 12.0. The number of nitro benzene ring substituents is 1. The monoisotopic (exact) mass is 375 g/mol. The summed E-state index contributed by atoms with van der Waals surface area (Å²) in [5.41, 5.74) is -1.58. The summed E-state index contributed by atoms with van der Waals surface area (Å²) in [5.74, 6) is -0.899. The van der Waals surface area contributed by atoms with Crippen LogP contribution in [0.4, 0.5) is 18.9 Å². The van der Waals surface area contributed by atoms with Gasteiger partial charge in [0.1, 0.15) is 4.90 Å². The largest absolute Gasteiger partial charge is 0.420 e. The van der Waals surface area contributed by atoms with Crippen LogP contribution >= 0.6 is 0 Å². The van der Waals surface area contributed by atoms with Crippen molar-refractivity contribution in [1.82, 2.24) is 0 Å². The van der Waals surface area contributed by atoms with Crippen molar-refractivity contribution in [1.29, 1.82) is 0 Å². The molecule has 10 heteroatoms. The van der Waals surface area contributed by atoms with Crippen molar-refractivity contribution in [2.75, 3.05) is 0 Å². The van der Waals surface area contributed by atoms with Crippen molar-refractivity contribution in [3.63, 3.8) is 0 Å². The van der Waals surface area contributed by atoms with Gasteiger partial charge in [0.15, 0.2) is 5.75 Å². The standard InChI is InChI=1S/C15H12F3NO5S/c1-2-10-7-8-11(19(20)21)9-14(10)25(22,23)24-13-6-4-3-5-12(13)15(16,17)18/h3-9H,2H2,1H3. The van der Waals surface area contributed by atoms with Crippen LogP contribution in [0.1, 0.15) is 18.1 Å². The van der Waals surface area contributed by atoms with Crippen molar-refractivity contribution in [3.05, 3.63) is 63.7 Å². The second-order valence-electron chi connectivity index (χ2n) is 4.93. The number of aryl methyl sites for hydroxylation is 1. The van der Waals surface area contributed by atoms with Gasteiger partial charge in [-0.05, 0) is 24.1 Å². The lowest BCUT2D eigenvalue weighted by atomic mass is 10.1. The predicted molar refractivity (Wildman–Crippen MR) is 81.7 cm³/mol. The van der Waals surface area contributed by atoms with E-state index in [1.54, 1.807) is 6.92 Å². The molecule has 0 fully saturated rings. The first-order chi connectivity index (χ1) is 11.6. The summed E-state index contributed by atoms with van der Waals surface area (Å²) >= 11 is 0. The Kier molecular flexibility index (Phi) is 5.02. The Morgan fingerprint density at radius 1 is 1.16 bits per heavy atom. The molecule has 0 aromatic heterocycles. The summed E-state index contributed by atoms with van der Waals surface area (Å²) in [7, 11) is -4.70. The molecule has 2 aromatic rings. The van der Waals surface area contributed by atoms with Gasteiger partial charge in [0, 0.05) is 12.1 Å². The molecule has 0 radical (unpaired) electrons. The van der Waals surface area contributed by atoms with Crippen LogP contribution in [-0.2, 0) is 22.7 Å². The average molecular weight is 375 g/mol. The van der Waals surface area contributed by atoms with Gasteiger partial charge in [0.25, 0.3) is 5.69 Å². The van der Waals surface area contributed by atoms with Crippen LogP contribution in [-0.4, -0.2) is 13.3 Å². The van der Waals surface area contributed by atoms with E-state index in [9.17, 15) is 31.7 Å². The van der Waals surface area contributed by atoms with Gasteiger partial charge in [-0.25, -0.2) is 0 Å². The Labute approximate surface area is 141 Å². The number of hydrogen-bond acceptors (Lipinski definition) is 5. The lowest BCUT2D eigenvalue weighted by Crippen LogP contribution is -2.16. The van der Waals surface area contributed by atoms with Crippen LogP contribution in [0.25, 0.3) is 0 Å². The van der Waals surface area contributed by atoms with Gasteiger partial charge in [-0.1, -0.05) is 25.1 Å². The molecule has 0 unspecified atom stereocenters. The number of para-hydroxylation sites is 1. The topological polar surface area (TPSA) is 86.5 Å². The molecule has 0 aliphatic rings. The zero-order chi connectivity index (χ0) is 18.8. The third kappa shape index (κ3) is 4.08. The van der Waals surface area contributed by atoms with E-state index < -0.39 is 43.1 Å². The van der Waals surface area contributed by atoms with Crippen LogP contribution in [0.3, 0.4) is 0 Å². The fourth-order valence-electron chi connectivity index (χ4n) is 2.12. The Bertz CT molecular complexity index is 910. The van der Waals surface area contributed by atoms with Gasteiger partial charge in [-0.15, -0.1) is 0 Å². The van der Waals surface area contributed by atoms with Gasteiger partial charge in [-0.3, -0.25) is 10.1 Å². The summed E-state index contributed by atoms with van der Waals surface area (Å²) in [5, 5.41) is 10.8. The van der Waals surface area contributed by atoms with Crippen molar-refractivity contribution < 1.29 is 30.7 Å². The number of rotatable bonds is 5. The highest BCUT2D eigenvalue weighted by Crippen LogP contribution is 2.37. The minimum atomic E-state index is -4.82. The molecule has 0 aliphatic heterocycles. The minimum absolute atomic E-state index is 0.190. The van der Waals surface area contributed by atoms with Gasteiger partial charge in [-0.2, -0.15) is 21.6 Å². The fourth-order valence-corrected chi connectivity index (χ4v) is 3.39. The molecule has 0 saturated carbocycles. The summed E-state index contributed by atoms with van der Waals surface area (Å²) in [4.78, 5) is 9.50. The molecule has 2 rings (SSSR count). The summed E-state index contributed by atoms with van der Waals surface area (Å²) in [6.45, 7) is 1.60. The number of non-ortho nitro benzene ring substituents is 1. The van der Waals surface area contributed by atoms with Crippen LogP contribution in [0.2, 0.25) is 0 Å². The highest BCUT2D eigenvalue weighted by atomic mass is 32.2. The van der Waals surface area contributed by atoms with E-state index in [1.165, 1.54) is 12.1 Å². The first kappa shape index (κ1) is 18.7. The number of alkyl halides is 3. The molecule has 0 N–H and O–H groups in total.